The van der Waals surface area contributed by atoms with Crippen LogP contribution < -0.4 is 0 Å². The van der Waals surface area contributed by atoms with Gasteiger partial charge in [-0.3, -0.25) is 10.1 Å². The quantitative estimate of drug-likeness (QED) is 0.248. The fourth-order valence-electron chi connectivity index (χ4n) is 2.88. The van der Waals surface area contributed by atoms with Crippen molar-refractivity contribution in [1.29, 1.82) is 0 Å². The number of nitrogens with zero attached hydrogens (tertiary/aromatic N) is 2. The average Bonchev–Trinajstić information content (AvgIpc) is 3.24. The number of rotatable bonds is 6. The first-order valence-electron chi connectivity index (χ1n) is 9.14. The number of benzene rings is 3. The van der Waals surface area contributed by atoms with Gasteiger partial charge in [0, 0.05) is 23.3 Å². The van der Waals surface area contributed by atoms with Crippen molar-refractivity contribution in [1.82, 2.24) is 4.98 Å². The predicted molar refractivity (Wildman–Crippen MR) is 110 cm³/mol. The van der Waals surface area contributed by atoms with E-state index in [2.05, 4.69) is 4.98 Å². The molecule has 0 atom stereocenters. The molecule has 0 saturated carbocycles. The zero-order valence-corrected chi connectivity index (χ0v) is 15.7. The van der Waals surface area contributed by atoms with Crippen molar-refractivity contribution < 1.29 is 18.9 Å². The lowest BCUT2D eigenvalue weighted by atomic mass is 10.1. The summed E-state index contributed by atoms with van der Waals surface area (Å²) in [5.74, 6) is -0.160. The van der Waals surface area contributed by atoms with Crippen LogP contribution >= 0.6 is 0 Å². The molecule has 0 aliphatic carbocycles. The van der Waals surface area contributed by atoms with Crippen molar-refractivity contribution in [2.75, 3.05) is 0 Å². The molecule has 30 heavy (non-hydrogen) atoms. The minimum Gasteiger partial charge on any atom is -0.456 e. The smallest absolute Gasteiger partial charge is 0.361 e. The van der Waals surface area contributed by atoms with E-state index in [0.29, 0.717) is 11.1 Å². The normalized spacial score (nSPS) is 10.5. The lowest BCUT2D eigenvalue weighted by molar-refractivity contribution is -0.384. The van der Waals surface area contributed by atoms with Gasteiger partial charge in [-0.05, 0) is 17.7 Å². The standard InChI is InChI=1S/C23H16N2O5/c26-23(29-15-16-7-3-1-4-8-16)20-21(17-9-5-2-6-10-17)30-22(24-20)18-11-13-19(14-12-18)25(27)28/h1-14H,15H2. The summed E-state index contributed by atoms with van der Waals surface area (Å²) < 4.78 is 11.3. The summed E-state index contributed by atoms with van der Waals surface area (Å²) in [5, 5.41) is 10.9. The van der Waals surface area contributed by atoms with Gasteiger partial charge in [0.15, 0.2) is 11.5 Å². The second-order valence-electron chi connectivity index (χ2n) is 6.43. The van der Waals surface area contributed by atoms with Crippen molar-refractivity contribution in [3.8, 4) is 22.8 Å². The van der Waals surface area contributed by atoms with Crippen LogP contribution in [0.25, 0.3) is 22.8 Å². The highest BCUT2D eigenvalue weighted by Gasteiger charge is 2.24. The summed E-state index contributed by atoms with van der Waals surface area (Å²) in [6.45, 7) is 0.105. The molecular weight excluding hydrogens is 384 g/mol. The molecule has 0 spiro atoms. The minimum atomic E-state index is -0.616. The molecule has 0 saturated heterocycles. The maximum absolute atomic E-state index is 12.8. The van der Waals surface area contributed by atoms with Crippen LogP contribution in [0.2, 0.25) is 0 Å². The number of carbonyl (C=O) groups is 1. The molecule has 7 nitrogen and oxygen atoms in total. The summed E-state index contributed by atoms with van der Waals surface area (Å²) in [4.78, 5) is 27.5. The molecule has 4 aromatic rings. The summed E-state index contributed by atoms with van der Waals surface area (Å²) >= 11 is 0. The second-order valence-corrected chi connectivity index (χ2v) is 6.43. The van der Waals surface area contributed by atoms with Crippen molar-refractivity contribution in [2.24, 2.45) is 0 Å². The molecule has 0 bridgehead atoms. The summed E-state index contributed by atoms with van der Waals surface area (Å²) in [6, 6.07) is 24.2. The van der Waals surface area contributed by atoms with Gasteiger partial charge in [0.25, 0.3) is 5.69 Å². The Morgan fingerprint density at radius 1 is 0.900 bits per heavy atom. The molecular formula is C23H16N2O5. The summed E-state index contributed by atoms with van der Waals surface area (Å²) in [6.07, 6.45) is 0. The molecule has 0 unspecified atom stereocenters. The first-order chi connectivity index (χ1) is 14.6. The van der Waals surface area contributed by atoms with Crippen LogP contribution in [0.15, 0.2) is 89.3 Å². The van der Waals surface area contributed by atoms with Crippen molar-refractivity contribution in [3.63, 3.8) is 0 Å². The van der Waals surface area contributed by atoms with Gasteiger partial charge in [-0.15, -0.1) is 0 Å². The van der Waals surface area contributed by atoms with Crippen LogP contribution in [0.1, 0.15) is 16.1 Å². The van der Waals surface area contributed by atoms with Crippen molar-refractivity contribution >= 4 is 11.7 Å². The molecule has 0 amide bonds. The third-order valence-corrected chi connectivity index (χ3v) is 4.39. The fourth-order valence-corrected chi connectivity index (χ4v) is 2.88. The topological polar surface area (TPSA) is 95.5 Å². The Labute approximate surface area is 171 Å². The van der Waals surface area contributed by atoms with Gasteiger partial charge in [-0.2, -0.15) is 0 Å². The zero-order valence-electron chi connectivity index (χ0n) is 15.7. The molecule has 1 heterocycles. The molecule has 0 radical (unpaired) electrons. The van der Waals surface area contributed by atoms with E-state index in [1.807, 2.05) is 48.5 Å². The number of oxazole rings is 1. The maximum Gasteiger partial charge on any atom is 0.361 e. The Morgan fingerprint density at radius 3 is 2.17 bits per heavy atom. The van der Waals surface area contributed by atoms with E-state index in [4.69, 9.17) is 9.15 Å². The van der Waals surface area contributed by atoms with Gasteiger partial charge in [0.2, 0.25) is 5.89 Å². The van der Waals surface area contributed by atoms with Gasteiger partial charge < -0.3 is 9.15 Å². The largest absolute Gasteiger partial charge is 0.456 e. The SMILES string of the molecule is O=C(OCc1ccccc1)c1nc(-c2ccc([N+](=O)[O-])cc2)oc1-c1ccccc1. The Hall–Kier alpha value is -4.26. The molecule has 0 fully saturated rings. The molecule has 1 aromatic heterocycles. The maximum atomic E-state index is 12.8. The number of nitro groups is 1. The van der Waals surface area contributed by atoms with Crippen LogP contribution in [0, 0.1) is 10.1 Å². The van der Waals surface area contributed by atoms with E-state index in [-0.39, 0.29) is 29.6 Å². The Balaban J connectivity index is 1.67. The number of ether oxygens (including phenoxy) is 1. The zero-order chi connectivity index (χ0) is 20.9. The number of hydrogen-bond donors (Lipinski definition) is 0. The van der Waals surface area contributed by atoms with Gasteiger partial charge in [-0.1, -0.05) is 60.7 Å². The molecule has 148 valence electrons. The molecule has 0 N–H and O–H groups in total. The molecule has 0 aliphatic rings. The predicted octanol–water partition coefficient (Wildman–Crippen LogP) is 5.27. The van der Waals surface area contributed by atoms with Crippen LogP contribution in [0.4, 0.5) is 5.69 Å². The van der Waals surface area contributed by atoms with E-state index < -0.39 is 10.9 Å². The number of aromatic nitrogens is 1. The van der Waals surface area contributed by atoms with E-state index in [1.165, 1.54) is 24.3 Å². The Kier molecular flexibility index (Phi) is 5.34. The van der Waals surface area contributed by atoms with Crippen LogP contribution in [0.5, 0.6) is 0 Å². The minimum absolute atomic E-state index is 0.0453. The van der Waals surface area contributed by atoms with Gasteiger partial charge in [0.05, 0.1) is 4.92 Å². The van der Waals surface area contributed by atoms with Crippen molar-refractivity contribution in [3.05, 3.63) is 106 Å². The highest BCUT2D eigenvalue weighted by Crippen LogP contribution is 2.31. The molecule has 3 aromatic carbocycles. The molecule has 0 aliphatic heterocycles. The lowest BCUT2D eigenvalue weighted by Crippen LogP contribution is -2.07. The summed E-state index contributed by atoms with van der Waals surface area (Å²) in [5.41, 5.74) is 2.04. The first kappa shape index (κ1) is 19.1. The van der Waals surface area contributed by atoms with Crippen LogP contribution in [-0.2, 0) is 11.3 Å². The lowest BCUT2D eigenvalue weighted by Gasteiger charge is -2.04. The third kappa shape index (κ3) is 4.10. The summed E-state index contributed by atoms with van der Waals surface area (Å²) in [7, 11) is 0. The van der Waals surface area contributed by atoms with Crippen molar-refractivity contribution in [2.45, 2.75) is 6.61 Å². The Bertz CT molecular complexity index is 1170. The average molecular weight is 400 g/mol. The fraction of sp³-hybridized carbons (Fsp3) is 0.0435. The van der Waals surface area contributed by atoms with Crippen LogP contribution in [-0.4, -0.2) is 15.9 Å². The third-order valence-electron chi connectivity index (χ3n) is 4.39. The first-order valence-corrected chi connectivity index (χ1v) is 9.14. The van der Waals surface area contributed by atoms with E-state index in [0.717, 1.165) is 5.56 Å². The molecule has 7 heteroatoms. The highest BCUT2D eigenvalue weighted by atomic mass is 16.6. The molecule has 4 rings (SSSR count). The van der Waals surface area contributed by atoms with Gasteiger partial charge in [-0.25, -0.2) is 9.78 Å². The number of hydrogen-bond acceptors (Lipinski definition) is 6. The monoisotopic (exact) mass is 400 g/mol. The number of esters is 1. The number of nitro benzene ring substituents is 1. The van der Waals surface area contributed by atoms with E-state index in [1.54, 1.807) is 12.1 Å². The Morgan fingerprint density at radius 2 is 1.53 bits per heavy atom. The second kappa shape index (κ2) is 8.40. The highest BCUT2D eigenvalue weighted by molar-refractivity contribution is 5.94. The van der Waals surface area contributed by atoms with E-state index >= 15 is 0 Å². The number of non-ortho nitro benzene ring substituents is 1. The van der Waals surface area contributed by atoms with Gasteiger partial charge in [0.1, 0.15) is 6.61 Å². The van der Waals surface area contributed by atoms with Gasteiger partial charge >= 0.3 is 5.97 Å². The van der Waals surface area contributed by atoms with E-state index in [9.17, 15) is 14.9 Å². The van der Waals surface area contributed by atoms with Crippen LogP contribution in [0.3, 0.4) is 0 Å². The number of carbonyl (C=O) groups excluding carboxylic acids is 1.